The predicted molar refractivity (Wildman–Crippen MR) is 114 cm³/mol. The molecule has 0 saturated carbocycles. The summed E-state index contributed by atoms with van der Waals surface area (Å²) in [5, 5.41) is 2.81. The summed E-state index contributed by atoms with van der Waals surface area (Å²) in [6.07, 6.45) is 1.98. The maximum atomic E-state index is 12.9. The Labute approximate surface area is 171 Å². The number of nitrogens with zero attached hydrogens (tertiary/aromatic N) is 3. The lowest BCUT2D eigenvalue weighted by Crippen LogP contribution is -2.31. The van der Waals surface area contributed by atoms with Crippen LogP contribution in [0, 0.1) is 6.92 Å². The zero-order valence-corrected chi connectivity index (χ0v) is 17.7. The third-order valence-corrected chi connectivity index (χ3v) is 7.09. The van der Waals surface area contributed by atoms with Gasteiger partial charge >= 0.3 is 0 Å². The number of anilines is 1. The van der Waals surface area contributed by atoms with Crippen molar-refractivity contribution in [3.8, 4) is 0 Å². The molecule has 2 aromatic carbocycles. The second kappa shape index (κ2) is 8.75. The predicted octanol–water partition coefficient (Wildman–Crippen LogP) is 3.40. The number of hydrogen-bond acceptors (Lipinski definition) is 4. The van der Waals surface area contributed by atoms with Crippen LogP contribution in [0.3, 0.4) is 0 Å². The molecule has 0 unspecified atom stereocenters. The zero-order chi connectivity index (χ0) is 21.0. The maximum Gasteiger partial charge on any atom is 0.243 e. The van der Waals surface area contributed by atoms with Crippen LogP contribution >= 0.6 is 0 Å². The zero-order valence-electron chi connectivity index (χ0n) is 16.9. The molecule has 0 aliphatic rings. The Bertz CT molecular complexity index is 1120. The Balaban J connectivity index is 1.72. The number of benzene rings is 2. The second-order valence-corrected chi connectivity index (χ2v) is 8.70. The van der Waals surface area contributed by atoms with Gasteiger partial charge in [-0.05, 0) is 36.8 Å². The lowest BCUT2D eigenvalue weighted by molar-refractivity contribution is -0.116. The second-order valence-electron chi connectivity index (χ2n) is 6.79. The Morgan fingerprint density at radius 2 is 1.86 bits per heavy atom. The van der Waals surface area contributed by atoms with E-state index in [1.165, 1.54) is 10.4 Å². The molecular formula is C21H26N4O3S. The number of sulfonamides is 1. The maximum absolute atomic E-state index is 12.9. The van der Waals surface area contributed by atoms with Crippen molar-refractivity contribution >= 4 is 32.7 Å². The highest BCUT2D eigenvalue weighted by Gasteiger charge is 2.24. The van der Waals surface area contributed by atoms with E-state index in [1.54, 1.807) is 25.4 Å². The van der Waals surface area contributed by atoms with Crippen molar-refractivity contribution in [3.63, 3.8) is 0 Å². The first kappa shape index (κ1) is 21.0. The molecule has 3 aromatic rings. The highest BCUT2D eigenvalue weighted by molar-refractivity contribution is 7.89. The SMILES string of the molecule is CCN(CC)S(=O)(=O)c1cc(NC(=O)CCn2cnc3ccccc32)ccc1C. The van der Waals surface area contributed by atoms with Gasteiger partial charge in [-0.25, -0.2) is 13.4 Å². The summed E-state index contributed by atoms with van der Waals surface area (Å²) < 4.78 is 29.1. The molecule has 29 heavy (non-hydrogen) atoms. The van der Waals surface area contributed by atoms with E-state index < -0.39 is 10.0 Å². The number of carbonyl (C=O) groups excluding carboxylic acids is 1. The van der Waals surface area contributed by atoms with E-state index in [4.69, 9.17) is 0 Å². The topological polar surface area (TPSA) is 84.3 Å². The first-order valence-corrected chi connectivity index (χ1v) is 11.1. The first-order chi connectivity index (χ1) is 13.9. The fourth-order valence-corrected chi connectivity index (χ4v) is 5.00. The number of carbonyl (C=O) groups is 1. The molecule has 0 aliphatic carbocycles. The molecule has 0 fully saturated rings. The monoisotopic (exact) mass is 414 g/mol. The van der Waals surface area contributed by atoms with Gasteiger partial charge in [0, 0.05) is 31.7 Å². The third-order valence-electron chi connectivity index (χ3n) is 4.90. The molecule has 154 valence electrons. The lowest BCUT2D eigenvalue weighted by Gasteiger charge is -2.20. The molecule has 7 nitrogen and oxygen atoms in total. The van der Waals surface area contributed by atoms with Crippen LogP contribution in [0.4, 0.5) is 5.69 Å². The van der Waals surface area contributed by atoms with Gasteiger partial charge in [0.2, 0.25) is 15.9 Å². The van der Waals surface area contributed by atoms with Crippen LogP contribution in [0.25, 0.3) is 11.0 Å². The van der Waals surface area contributed by atoms with Crippen molar-refractivity contribution in [2.45, 2.75) is 38.6 Å². The molecule has 0 bridgehead atoms. The standard InChI is InChI=1S/C21H26N4O3S/c1-4-25(5-2)29(27,28)20-14-17(11-10-16(20)3)23-21(26)12-13-24-15-22-18-8-6-7-9-19(18)24/h6-11,14-15H,4-5,12-13H2,1-3H3,(H,23,26). The summed E-state index contributed by atoms with van der Waals surface area (Å²) in [5.41, 5.74) is 2.99. The van der Waals surface area contributed by atoms with Crippen LogP contribution in [0.5, 0.6) is 0 Å². The van der Waals surface area contributed by atoms with Crippen LogP contribution in [0.2, 0.25) is 0 Å². The summed E-state index contributed by atoms with van der Waals surface area (Å²) in [5.74, 6) is -0.183. The normalized spacial score (nSPS) is 11.9. The summed E-state index contributed by atoms with van der Waals surface area (Å²) in [7, 11) is -3.59. The largest absolute Gasteiger partial charge is 0.330 e. The number of fused-ring (bicyclic) bond motifs is 1. The van der Waals surface area contributed by atoms with E-state index >= 15 is 0 Å². The van der Waals surface area contributed by atoms with Crippen LogP contribution in [-0.4, -0.2) is 41.3 Å². The van der Waals surface area contributed by atoms with Gasteiger partial charge in [-0.2, -0.15) is 4.31 Å². The summed E-state index contributed by atoms with van der Waals surface area (Å²) in [6.45, 7) is 6.65. The minimum Gasteiger partial charge on any atom is -0.330 e. The van der Waals surface area contributed by atoms with Gasteiger partial charge < -0.3 is 9.88 Å². The van der Waals surface area contributed by atoms with E-state index in [0.717, 1.165) is 11.0 Å². The first-order valence-electron chi connectivity index (χ1n) is 9.67. The number of rotatable bonds is 8. The van der Waals surface area contributed by atoms with Gasteiger partial charge in [0.1, 0.15) is 0 Å². The van der Waals surface area contributed by atoms with Gasteiger partial charge in [-0.3, -0.25) is 4.79 Å². The van der Waals surface area contributed by atoms with Crippen LogP contribution in [0.15, 0.2) is 53.7 Å². The minimum atomic E-state index is -3.59. The Kier molecular flexibility index (Phi) is 6.34. The fourth-order valence-electron chi connectivity index (χ4n) is 3.29. The average Bonchev–Trinajstić information content (AvgIpc) is 3.11. The highest BCUT2D eigenvalue weighted by atomic mass is 32.2. The molecule has 1 amide bonds. The lowest BCUT2D eigenvalue weighted by atomic mass is 10.2. The number of hydrogen-bond donors (Lipinski definition) is 1. The number of aryl methyl sites for hydroxylation is 2. The van der Waals surface area contributed by atoms with Crippen LogP contribution in [0.1, 0.15) is 25.8 Å². The number of para-hydroxylation sites is 2. The van der Waals surface area contributed by atoms with Crippen LogP contribution in [-0.2, 0) is 21.4 Å². The minimum absolute atomic E-state index is 0.183. The van der Waals surface area contributed by atoms with Gasteiger partial charge in [0.25, 0.3) is 0 Å². The average molecular weight is 415 g/mol. The molecule has 0 atom stereocenters. The Morgan fingerprint density at radius 1 is 1.14 bits per heavy atom. The van der Waals surface area contributed by atoms with Gasteiger partial charge in [-0.15, -0.1) is 0 Å². The Hall–Kier alpha value is -2.71. The molecule has 1 N–H and O–H groups in total. The fraction of sp³-hybridized carbons (Fsp3) is 0.333. The van der Waals surface area contributed by atoms with Crippen molar-refractivity contribution in [1.82, 2.24) is 13.9 Å². The summed E-state index contributed by atoms with van der Waals surface area (Å²) in [4.78, 5) is 17.0. The summed E-state index contributed by atoms with van der Waals surface area (Å²) >= 11 is 0. The van der Waals surface area contributed by atoms with Crippen molar-refractivity contribution in [3.05, 3.63) is 54.4 Å². The van der Waals surface area contributed by atoms with E-state index in [9.17, 15) is 13.2 Å². The number of imidazole rings is 1. The van der Waals surface area contributed by atoms with E-state index in [0.29, 0.717) is 30.9 Å². The van der Waals surface area contributed by atoms with Gasteiger partial charge in [0.15, 0.2) is 0 Å². The van der Waals surface area contributed by atoms with Crippen LogP contribution < -0.4 is 5.32 Å². The summed E-state index contributed by atoms with van der Waals surface area (Å²) in [6, 6.07) is 12.7. The van der Waals surface area contributed by atoms with Gasteiger partial charge in [-0.1, -0.05) is 32.0 Å². The molecule has 0 aliphatic heterocycles. The molecule has 1 aromatic heterocycles. The molecular weight excluding hydrogens is 388 g/mol. The Morgan fingerprint density at radius 3 is 2.59 bits per heavy atom. The van der Waals surface area contributed by atoms with Crippen molar-refractivity contribution in [2.75, 3.05) is 18.4 Å². The van der Waals surface area contributed by atoms with Crippen molar-refractivity contribution in [1.29, 1.82) is 0 Å². The highest BCUT2D eigenvalue weighted by Crippen LogP contribution is 2.24. The number of amides is 1. The van der Waals surface area contributed by atoms with Crippen molar-refractivity contribution < 1.29 is 13.2 Å². The van der Waals surface area contributed by atoms with Gasteiger partial charge in [0.05, 0.1) is 22.3 Å². The quantitative estimate of drug-likeness (QED) is 0.612. The molecule has 8 heteroatoms. The molecule has 0 spiro atoms. The third kappa shape index (κ3) is 4.49. The van der Waals surface area contributed by atoms with E-state index in [2.05, 4.69) is 10.3 Å². The molecule has 3 rings (SSSR count). The molecule has 0 radical (unpaired) electrons. The number of aromatic nitrogens is 2. The van der Waals surface area contributed by atoms with E-state index in [1.807, 2.05) is 42.7 Å². The molecule has 0 saturated heterocycles. The molecule has 1 heterocycles. The van der Waals surface area contributed by atoms with E-state index in [-0.39, 0.29) is 17.2 Å². The number of nitrogens with one attached hydrogen (secondary N) is 1. The van der Waals surface area contributed by atoms with Crippen molar-refractivity contribution in [2.24, 2.45) is 0 Å². The smallest absolute Gasteiger partial charge is 0.243 e.